The minimum Gasteiger partial charge on any atom is -0.478 e. The summed E-state index contributed by atoms with van der Waals surface area (Å²) in [5.74, 6) is -1.34. The normalized spacial score (nSPS) is 25.1. The van der Waals surface area contributed by atoms with Gasteiger partial charge in [0, 0.05) is 36.2 Å². The Morgan fingerprint density at radius 3 is 2.95 bits per heavy atom. The zero-order chi connectivity index (χ0) is 15.5. The second kappa shape index (κ2) is 6.05. The second-order valence-corrected chi connectivity index (χ2v) is 5.27. The first-order chi connectivity index (χ1) is 9.92. The summed E-state index contributed by atoms with van der Waals surface area (Å²) in [6.07, 6.45) is 5.99. The van der Waals surface area contributed by atoms with E-state index in [0.29, 0.717) is 17.7 Å². The van der Waals surface area contributed by atoms with Gasteiger partial charge >= 0.3 is 5.97 Å². The average molecular weight is 290 g/mol. The van der Waals surface area contributed by atoms with Crippen molar-refractivity contribution in [1.29, 1.82) is 0 Å². The molecule has 1 fully saturated rings. The molecule has 2 rings (SSSR count). The minimum absolute atomic E-state index is 0.0682. The molecule has 1 aliphatic heterocycles. The molecular formula is C15H18N2O4. The zero-order valence-electron chi connectivity index (χ0n) is 12.0. The second-order valence-electron chi connectivity index (χ2n) is 5.27. The molecule has 1 saturated heterocycles. The Morgan fingerprint density at radius 1 is 1.57 bits per heavy atom. The lowest BCUT2D eigenvalue weighted by atomic mass is 9.94. The summed E-state index contributed by atoms with van der Waals surface area (Å²) < 4.78 is 5.50. The van der Waals surface area contributed by atoms with E-state index in [-0.39, 0.29) is 12.0 Å². The molecule has 2 unspecified atom stereocenters. The van der Waals surface area contributed by atoms with Crippen LogP contribution >= 0.6 is 0 Å². The fourth-order valence-corrected chi connectivity index (χ4v) is 2.23. The maximum absolute atomic E-state index is 12.4. The van der Waals surface area contributed by atoms with Crippen molar-refractivity contribution in [2.24, 2.45) is 0 Å². The van der Waals surface area contributed by atoms with Crippen LogP contribution < -0.4 is 5.32 Å². The summed E-state index contributed by atoms with van der Waals surface area (Å²) >= 11 is 0. The molecule has 6 nitrogen and oxygen atoms in total. The molecule has 2 heterocycles. The van der Waals surface area contributed by atoms with E-state index < -0.39 is 11.5 Å². The maximum atomic E-state index is 12.4. The quantitative estimate of drug-likeness (QED) is 0.820. The van der Waals surface area contributed by atoms with Gasteiger partial charge < -0.3 is 15.2 Å². The van der Waals surface area contributed by atoms with E-state index >= 15 is 0 Å². The summed E-state index contributed by atoms with van der Waals surface area (Å²) in [5.41, 5.74) is 0.434. The highest BCUT2D eigenvalue weighted by molar-refractivity contribution is 5.99. The van der Waals surface area contributed by atoms with Crippen LogP contribution in [0.4, 0.5) is 0 Å². The first-order valence-electron chi connectivity index (χ1n) is 6.71. The Labute approximate surface area is 122 Å². The summed E-state index contributed by atoms with van der Waals surface area (Å²) in [6, 6.07) is 1.57. The smallest absolute Gasteiger partial charge is 0.328 e. The van der Waals surface area contributed by atoms with E-state index in [9.17, 15) is 9.59 Å². The topological polar surface area (TPSA) is 88.5 Å². The molecule has 0 aliphatic carbocycles. The molecule has 1 aromatic rings. The van der Waals surface area contributed by atoms with Crippen molar-refractivity contribution < 1.29 is 19.4 Å². The number of carboxylic acids is 1. The molecule has 2 atom stereocenters. The Balaban J connectivity index is 2.21. The molecule has 6 heteroatoms. The van der Waals surface area contributed by atoms with Gasteiger partial charge in [-0.1, -0.05) is 0 Å². The van der Waals surface area contributed by atoms with E-state index in [1.54, 1.807) is 6.07 Å². The average Bonchev–Trinajstić information content (AvgIpc) is 2.76. The summed E-state index contributed by atoms with van der Waals surface area (Å²) in [6.45, 7) is 4.47. The molecule has 2 N–H and O–H groups in total. The highest BCUT2D eigenvalue weighted by Gasteiger charge is 2.38. The molecule has 1 aliphatic rings. The summed E-state index contributed by atoms with van der Waals surface area (Å²) in [4.78, 5) is 27.0. The van der Waals surface area contributed by atoms with Crippen LogP contribution in [-0.2, 0) is 9.53 Å². The van der Waals surface area contributed by atoms with Gasteiger partial charge in [0.25, 0.3) is 5.91 Å². The standard InChI is InChI=1S/C15H18N2O4/c1-10-15(2,6-8-21-10)17-14(20)12-5-7-16-9-11(12)3-4-13(18)19/h3-5,7,9-10H,6,8H2,1-2H3,(H,17,20)(H,18,19)/b4-3+. The van der Waals surface area contributed by atoms with Crippen LogP contribution in [0.5, 0.6) is 0 Å². The fraction of sp³-hybridized carbons (Fsp3) is 0.400. The van der Waals surface area contributed by atoms with Crippen molar-refractivity contribution in [3.05, 3.63) is 35.7 Å². The number of carbonyl (C=O) groups excluding carboxylic acids is 1. The Kier molecular flexibility index (Phi) is 4.37. The van der Waals surface area contributed by atoms with E-state index in [4.69, 9.17) is 9.84 Å². The number of hydrogen-bond donors (Lipinski definition) is 2. The van der Waals surface area contributed by atoms with Gasteiger partial charge in [-0.25, -0.2) is 4.79 Å². The SMILES string of the molecule is CC1OCCC1(C)NC(=O)c1ccncc1/C=C/C(=O)O. The van der Waals surface area contributed by atoms with Gasteiger partial charge in [-0.05, 0) is 32.4 Å². The number of hydrogen-bond acceptors (Lipinski definition) is 4. The van der Waals surface area contributed by atoms with Gasteiger partial charge in [-0.3, -0.25) is 9.78 Å². The third kappa shape index (κ3) is 3.46. The summed E-state index contributed by atoms with van der Waals surface area (Å²) in [7, 11) is 0. The first-order valence-corrected chi connectivity index (χ1v) is 6.71. The number of nitrogens with zero attached hydrogens (tertiary/aromatic N) is 1. The molecule has 21 heavy (non-hydrogen) atoms. The van der Waals surface area contributed by atoms with Crippen LogP contribution in [0.2, 0.25) is 0 Å². The van der Waals surface area contributed by atoms with E-state index in [0.717, 1.165) is 12.5 Å². The molecular weight excluding hydrogens is 272 g/mol. The van der Waals surface area contributed by atoms with E-state index in [1.165, 1.54) is 18.5 Å². The number of nitrogens with one attached hydrogen (secondary N) is 1. The van der Waals surface area contributed by atoms with Crippen molar-refractivity contribution in [2.75, 3.05) is 6.61 Å². The monoisotopic (exact) mass is 290 g/mol. The molecule has 1 amide bonds. The fourth-order valence-electron chi connectivity index (χ4n) is 2.23. The lowest BCUT2D eigenvalue weighted by Gasteiger charge is -2.29. The number of carbonyl (C=O) groups is 2. The number of aliphatic carboxylic acids is 1. The van der Waals surface area contributed by atoms with Gasteiger partial charge in [-0.15, -0.1) is 0 Å². The predicted molar refractivity (Wildman–Crippen MR) is 76.8 cm³/mol. The number of rotatable bonds is 4. The molecule has 112 valence electrons. The van der Waals surface area contributed by atoms with Crippen LogP contribution in [0.1, 0.15) is 36.2 Å². The van der Waals surface area contributed by atoms with Crippen LogP contribution in [0, 0.1) is 0 Å². The van der Waals surface area contributed by atoms with Gasteiger partial charge in [0.2, 0.25) is 0 Å². The molecule has 1 aromatic heterocycles. The van der Waals surface area contributed by atoms with Gasteiger partial charge in [0.15, 0.2) is 0 Å². The Morgan fingerprint density at radius 2 is 2.33 bits per heavy atom. The predicted octanol–water partition coefficient (Wildman–Crippen LogP) is 1.48. The minimum atomic E-state index is -1.07. The van der Waals surface area contributed by atoms with Crippen LogP contribution in [0.3, 0.4) is 0 Å². The van der Waals surface area contributed by atoms with E-state index in [2.05, 4.69) is 10.3 Å². The maximum Gasteiger partial charge on any atom is 0.328 e. The van der Waals surface area contributed by atoms with Crippen molar-refractivity contribution in [2.45, 2.75) is 31.9 Å². The molecule has 0 radical (unpaired) electrons. The van der Waals surface area contributed by atoms with Gasteiger partial charge in [-0.2, -0.15) is 0 Å². The lowest BCUT2D eigenvalue weighted by Crippen LogP contribution is -2.50. The number of ether oxygens (including phenoxy) is 1. The van der Waals surface area contributed by atoms with Crippen molar-refractivity contribution in [1.82, 2.24) is 10.3 Å². The molecule has 0 spiro atoms. The molecule has 0 bridgehead atoms. The number of pyridine rings is 1. The van der Waals surface area contributed by atoms with Crippen molar-refractivity contribution >= 4 is 18.0 Å². The Hall–Kier alpha value is -2.21. The van der Waals surface area contributed by atoms with Crippen molar-refractivity contribution in [3.63, 3.8) is 0 Å². The number of aromatic nitrogens is 1. The van der Waals surface area contributed by atoms with Crippen molar-refractivity contribution in [3.8, 4) is 0 Å². The molecule has 0 aromatic carbocycles. The number of carboxylic acid groups (broad SMARTS) is 1. The van der Waals surface area contributed by atoms with Gasteiger partial charge in [0.05, 0.1) is 11.6 Å². The van der Waals surface area contributed by atoms with Crippen LogP contribution in [0.15, 0.2) is 24.5 Å². The lowest BCUT2D eigenvalue weighted by molar-refractivity contribution is -0.131. The summed E-state index contributed by atoms with van der Waals surface area (Å²) in [5, 5.41) is 11.7. The largest absolute Gasteiger partial charge is 0.478 e. The highest BCUT2D eigenvalue weighted by Crippen LogP contribution is 2.25. The van der Waals surface area contributed by atoms with Crippen LogP contribution in [0.25, 0.3) is 6.08 Å². The zero-order valence-corrected chi connectivity index (χ0v) is 12.0. The first kappa shape index (κ1) is 15.2. The third-order valence-electron chi connectivity index (χ3n) is 3.79. The third-order valence-corrected chi connectivity index (χ3v) is 3.79. The molecule has 0 saturated carbocycles. The van der Waals surface area contributed by atoms with E-state index in [1.807, 2.05) is 13.8 Å². The highest BCUT2D eigenvalue weighted by atomic mass is 16.5. The van der Waals surface area contributed by atoms with Gasteiger partial charge in [0.1, 0.15) is 0 Å². The Bertz CT molecular complexity index is 585. The number of amides is 1. The van der Waals surface area contributed by atoms with Crippen LogP contribution in [-0.4, -0.2) is 40.2 Å².